The first-order valence-electron chi connectivity index (χ1n) is 7.67. The fourth-order valence-electron chi connectivity index (χ4n) is 3.13. The van der Waals surface area contributed by atoms with E-state index in [0.29, 0.717) is 12.1 Å². The van der Waals surface area contributed by atoms with Gasteiger partial charge in [-0.05, 0) is 54.6 Å². The minimum absolute atomic E-state index is 0.462. The predicted molar refractivity (Wildman–Crippen MR) is 86.6 cm³/mol. The summed E-state index contributed by atoms with van der Waals surface area (Å²) in [6, 6.07) is 9.25. The Kier molecular flexibility index (Phi) is 4.71. The summed E-state index contributed by atoms with van der Waals surface area (Å²) in [5, 5.41) is 7.38. The molecule has 108 valence electrons. The molecule has 20 heavy (non-hydrogen) atoms. The first-order chi connectivity index (χ1) is 9.86. The van der Waals surface area contributed by atoms with Crippen LogP contribution in [0.25, 0.3) is 10.1 Å². The molecule has 1 N–H and O–H groups in total. The zero-order chi connectivity index (χ0) is 13.8. The van der Waals surface area contributed by atoms with Crippen LogP contribution in [-0.4, -0.2) is 25.3 Å². The first-order valence-corrected chi connectivity index (χ1v) is 8.55. The Hall–Kier alpha value is -0.900. The van der Waals surface area contributed by atoms with E-state index in [1.165, 1.54) is 28.5 Å². The van der Waals surface area contributed by atoms with Crippen molar-refractivity contribution in [2.75, 3.05) is 13.2 Å². The van der Waals surface area contributed by atoms with Crippen molar-refractivity contribution in [3.05, 3.63) is 35.2 Å². The number of benzene rings is 1. The zero-order valence-corrected chi connectivity index (χ0v) is 12.9. The van der Waals surface area contributed by atoms with E-state index in [4.69, 9.17) is 4.74 Å². The highest BCUT2D eigenvalue weighted by Crippen LogP contribution is 2.28. The summed E-state index contributed by atoms with van der Waals surface area (Å²) in [6.45, 7) is 4.17. The number of ether oxygens (including phenoxy) is 1. The number of thiophene rings is 1. The van der Waals surface area contributed by atoms with Crippen molar-refractivity contribution >= 4 is 21.4 Å². The molecule has 2 unspecified atom stereocenters. The number of hydrogen-bond donors (Lipinski definition) is 1. The lowest BCUT2D eigenvalue weighted by atomic mass is 9.99. The largest absolute Gasteiger partial charge is 0.378 e. The lowest BCUT2D eigenvalue weighted by molar-refractivity contribution is 0.0948. The third kappa shape index (κ3) is 3.22. The second-order valence-electron chi connectivity index (χ2n) is 5.59. The average Bonchev–Trinajstić information content (AvgIpc) is 3.10. The summed E-state index contributed by atoms with van der Waals surface area (Å²) in [5.41, 5.74) is 1.48. The Morgan fingerprint density at radius 1 is 1.40 bits per heavy atom. The quantitative estimate of drug-likeness (QED) is 0.868. The number of nitrogens with one attached hydrogen (secondary N) is 1. The van der Waals surface area contributed by atoms with Crippen LogP contribution in [0.2, 0.25) is 0 Å². The van der Waals surface area contributed by atoms with Gasteiger partial charge in [-0.15, -0.1) is 11.3 Å². The molecule has 2 nitrogen and oxygen atoms in total. The maximum atomic E-state index is 5.80. The highest BCUT2D eigenvalue weighted by molar-refractivity contribution is 7.17. The van der Waals surface area contributed by atoms with Gasteiger partial charge in [-0.25, -0.2) is 0 Å². The Morgan fingerprint density at radius 3 is 3.10 bits per heavy atom. The van der Waals surface area contributed by atoms with Crippen LogP contribution in [-0.2, 0) is 11.2 Å². The van der Waals surface area contributed by atoms with Gasteiger partial charge >= 0.3 is 0 Å². The van der Waals surface area contributed by atoms with E-state index in [-0.39, 0.29) is 0 Å². The van der Waals surface area contributed by atoms with E-state index in [1.807, 2.05) is 11.3 Å². The average molecular weight is 289 g/mol. The molecule has 0 saturated carbocycles. The van der Waals surface area contributed by atoms with E-state index in [1.54, 1.807) is 0 Å². The van der Waals surface area contributed by atoms with Crippen LogP contribution in [0.15, 0.2) is 29.6 Å². The predicted octanol–water partition coefficient (Wildman–Crippen LogP) is 3.99. The van der Waals surface area contributed by atoms with Crippen molar-refractivity contribution in [1.29, 1.82) is 0 Å². The van der Waals surface area contributed by atoms with E-state index in [2.05, 4.69) is 41.9 Å². The molecule has 2 atom stereocenters. The summed E-state index contributed by atoms with van der Waals surface area (Å²) in [4.78, 5) is 0. The molecule has 1 fully saturated rings. The van der Waals surface area contributed by atoms with Crippen molar-refractivity contribution < 1.29 is 4.74 Å². The molecule has 3 rings (SSSR count). The van der Waals surface area contributed by atoms with Crippen LogP contribution in [0.1, 0.15) is 31.7 Å². The van der Waals surface area contributed by atoms with Gasteiger partial charge in [0.05, 0.1) is 6.10 Å². The molecule has 1 aliphatic heterocycles. The summed E-state index contributed by atoms with van der Waals surface area (Å²) in [5.74, 6) is 0. The lowest BCUT2D eigenvalue weighted by Crippen LogP contribution is -2.34. The van der Waals surface area contributed by atoms with Gasteiger partial charge in [-0.3, -0.25) is 0 Å². The number of likely N-dealkylation sites (N-methyl/N-ethyl adjacent to an activating group) is 1. The third-order valence-electron chi connectivity index (χ3n) is 4.09. The Morgan fingerprint density at radius 2 is 2.30 bits per heavy atom. The molecular weight excluding hydrogens is 266 g/mol. The van der Waals surface area contributed by atoms with Crippen molar-refractivity contribution in [2.24, 2.45) is 0 Å². The molecular formula is C17H23NOS. The van der Waals surface area contributed by atoms with Gasteiger partial charge in [0.15, 0.2) is 0 Å². The molecule has 0 radical (unpaired) electrons. The van der Waals surface area contributed by atoms with Crippen molar-refractivity contribution in [1.82, 2.24) is 5.32 Å². The monoisotopic (exact) mass is 289 g/mol. The van der Waals surface area contributed by atoms with Gasteiger partial charge in [-0.2, -0.15) is 0 Å². The van der Waals surface area contributed by atoms with Crippen LogP contribution in [0, 0.1) is 0 Å². The van der Waals surface area contributed by atoms with Crippen LogP contribution < -0.4 is 5.32 Å². The SMILES string of the molecule is CCNC(Cc1csc2ccccc12)CC1CCCO1. The maximum Gasteiger partial charge on any atom is 0.0590 e. The maximum absolute atomic E-state index is 5.80. The van der Waals surface area contributed by atoms with Crippen LogP contribution in [0.5, 0.6) is 0 Å². The van der Waals surface area contributed by atoms with Crippen LogP contribution in [0.3, 0.4) is 0 Å². The van der Waals surface area contributed by atoms with Gasteiger partial charge in [0.1, 0.15) is 0 Å². The molecule has 1 aromatic heterocycles. The minimum atomic E-state index is 0.462. The molecule has 1 aliphatic rings. The van der Waals surface area contributed by atoms with Crippen molar-refractivity contribution in [3.63, 3.8) is 0 Å². The molecule has 0 aliphatic carbocycles. The van der Waals surface area contributed by atoms with Gasteiger partial charge < -0.3 is 10.1 Å². The summed E-state index contributed by atoms with van der Waals surface area (Å²) in [7, 11) is 0. The lowest BCUT2D eigenvalue weighted by Gasteiger charge is -2.21. The molecule has 0 bridgehead atoms. The fraction of sp³-hybridized carbons (Fsp3) is 0.529. The van der Waals surface area contributed by atoms with Crippen molar-refractivity contribution in [3.8, 4) is 0 Å². The Labute approximate surface area is 125 Å². The molecule has 0 amide bonds. The molecule has 2 aromatic rings. The summed E-state index contributed by atoms with van der Waals surface area (Å²) in [6.07, 6.45) is 5.16. The van der Waals surface area contributed by atoms with Crippen LogP contribution in [0.4, 0.5) is 0 Å². The van der Waals surface area contributed by atoms with Crippen molar-refractivity contribution in [2.45, 2.75) is 44.8 Å². The minimum Gasteiger partial charge on any atom is -0.378 e. The molecule has 1 saturated heterocycles. The first kappa shape index (κ1) is 14.1. The number of hydrogen-bond acceptors (Lipinski definition) is 3. The van der Waals surface area contributed by atoms with Gasteiger partial charge in [-0.1, -0.05) is 25.1 Å². The zero-order valence-electron chi connectivity index (χ0n) is 12.1. The Balaban J connectivity index is 1.71. The van der Waals surface area contributed by atoms with Gasteiger partial charge in [0.2, 0.25) is 0 Å². The molecule has 2 heterocycles. The summed E-state index contributed by atoms with van der Waals surface area (Å²) < 4.78 is 7.20. The van der Waals surface area contributed by atoms with E-state index in [0.717, 1.165) is 26.0 Å². The molecule has 1 aromatic carbocycles. The highest BCUT2D eigenvalue weighted by Gasteiger charge is 2.21. The summed E-state index contributed by atoms with van der Waals surface area (Å²) >= 11 is 1.86. The second kappa shape index (κ2) is 6.70. The topological polar surface area (TPSA) is 21.3 Å². The van der Waals surface area contributed by atoms with E-state index in [9.17, 15) is 0 Å². The number of rotatable bonds is 6. The van der Waals surface area contributed by atoms with Gasteiger partial charge in [0, 0.05) is 17.3 Å². The smallest absolute Gasteiger partial charge is 0.0590 e. The fourth-order valence-corrected chi connectivity index (χ4v) is 4.11. The second-order valence-corrected chi connectivity index (χ2v) is 6.50. The Bertz CT molecular complexity index is 545. The van der Waals surface area contributed by atoms with E-state index >= 15 is 0 Å². The van der Waals surface area contributed by atoms with Crippen LogP contribution >= 0.6 is 11.3 Å². The van der Waals surface area contributed by atoms with E-state index < -0.39 is 0 Å². The normalized spacial score (nSPS) is 20.6. The molecule has 0 spiro atoms. The standard InChI is InChI=1S/C17H23NOS/c1-2-18-14(11-15-6-5-9-19-15)10-13-12-20-17-8-4-3-7-16(13)17/h3-4,7-8,12,14-15,18H,2,5-6,9-11H2,1H3. The highest BCUT2D eigenvalue weighted by atomic mass is 32.1. The van der Waals surface area contributed by atoms with Gasteiger partial charge in [0.25, 0.3) is 0 Å². The number of fused-ring (bicyclic) bond motifs is 1. The molecule has 3 heteroatoms. The third-order valence-corrected chi connectivity index (χ3v) is 5.10.